The van der Waals surface area contributed by atoms with Crippen molar-refractivity contribution in [3.63, 3.8) is 0 Å². The average molecular weight is 248 g/mol. The first-order valence-electron chi connectivity index (χ1n) is 4.87. The quantitative estimate of drug-likeness (QED) is 0.745. The van der Waals surface area contributed by atoms with E-state index in [1.807, 2.05) is 6.92 Å². The van der Waals surface area contributed by atoms with Gasteiger partial charge in [0.05, 0.1) is 4.90 Å². The van der Waals surface area contributed by atoms with Crippen LogP contribution < -0.4 is 10.5 Å². The van der Waals surface area contributed by atoms with Gasteiger partial charge in [-0.3, -0.25) is 0 Å². The Morgan fingerprint density at radius 3 is 2.80 bits per heavy atom. The van der Waals surface area contributed by atoms with Gasteiger partial charge in [-0.05, 0) is 12.5 Å². The zero-order valence-corrected chi connectivity index (χ0v) is 10.3. The smallest absolute Gasteiger partial charge is 0.241 e. The molecule has 0 aliphatic rings. The highest BCUT2D eigenvalue weighted by atomic mass is 32.2. The highest BCUT2D eigenvalue weighted by Gasteiger charge is 2.14. The lowest BCUT2D eigenvalue weighted by atomic mass is 10.3. The molecular formula is C9H16N2O2S2. The summed E-state index contributed by atoms with van der Waals surface area (Å²) in [5.74, 6) is 0. The Morgan fingerprint density at radius 1 is 1.53 bits per heavy atom. The molecule has 0 bridgehead atoms. The van der Waals surface area contributed by atoms with Gasteiger partial charge < -0.3 is 5.73 Å². The van der Waals surface area contributed by atoms with E-state index in [2.05, 4.69) is 4.72 Å². The molecule has 1 rings (SSSR count). The van der Waals surface area contributed by atoms with E-state index >= 15 is 0 Å². The first kappa shape index (κ1) is 12.6. The van der Waals surface area contributed by atoms with Gasteiger partial charge in [-0.15, -0.1) is 11.3 Å². The van der Waals surface area contributed by atoms with Crippen LogP contribution in [-0.4, -0.2) is 15.0 Å². The molecule has 1 aromatic heterocycles. The minimum absolute atomic E-state index is 0.323. The molecule has 0 aliphatic carbocycles. The molecule has 0 spiro atoms. The van der Waals surface area contributed by atoms with Crippen LogP contribution in [0.5, 0.6) is 0 Å². The lowest BCUT2D eigenvalue weighted by Gasteiger charge is -2.02. The number of thiophene rings is 1. The number of sulfonamides is 1. The number of rotatable bonds is 6. The van der Waals surface area contributed by atoms with Crippen molar-refractivity contribution < 1.29 is 8.42 Å². The van der Waals surface area contributed by atoms with Crippen LogP contribution in [0, 0.1) is 0 Å². The Morgan fingerprint density at radius 2 is 2.27 bits per heavy atom. The van der Waals surface area contributed by atoms with Crippen LogP contribution in [0.25, 0.3) is 0 Å². The minimum atomic E-state index is -3.32. The lowest BCUT2D eigenvalue weighted by Crippen LogP contribution is -2.24. The molecule has 0 atom stereocenters. The van der Waals surface area contributed by atoms with Gasteiger partial charge in [-0.25, -0.2) is 13.1 Å². The highest BCUT2D eigenvalue weighted by Crippen LogP contribution is 2.18. The first-order chi connectivity index (χ1) is 7.10. The van der Waals surface area contributed by atoms with Crippen LogP contribution >= 0.6 is 11.3 Å². The molecule has 1 heterocycles. The van der Waals surface area contributed by atoms with Crippen LogP contribution in [0.1, 0.15) is 24.6 Å². The van der Waals surface area contributed by atoms with Gasteiger partial charge in [0.2, 0.25) is 10.0 Å². The van der Waals surface area contributed by atoms with Gasteiger partial charge in [-0.1, -0.05) is 13.3 Å². The fraction of sp³-hybridized carbons (Fsp3) is 0.556. The van der Waals surface area contributed by atoms with Crippen molar-refractivity contribution in [1.29, 1.82) is 0 Å². The molecule has 0 aliphatic heterocycles. The zero-order chi connectivity index (χ0) is 11.3. The summed E-state index contributed by atoms with van der Waals surface area (Å²) in [6.45, 7) is 2.90. The van der Waals surface area contributed by atoms with Crippen LogP contribution in [0.3, 0.4) is 0 Å². The molecule has 6 heteroatoms. The zero-order valence-electron chi connectivity index (χ0n) is 8.69. The van der Waals surface area contributed by atoms with Crippen molar-refractivity contribution in [3.05, 3.63) is 16.3 Å². The summed E-state index contributed by atoms with van der Waals surface area (Å²) in [5, 5.41) is 1.62. The maximum Gasteiger partial charge on any atom is 0.241 e. The number of hydrogen-bond donors (Lipinski definition) is 2. The number of nitrogens with one attached hydrogen (secondary N) is 1. The average Bonchev–Trinajstić information content (AvgIpc) is 2.66. The summed E-state index contributed by atoms with van der Waals surface area (Å²) in [6, 6.07) is 1.62. The molecule has 3 N–H and O–H groups in total. The summed E-state index contributed by atoms with van der Waals surface area (Å²) in [5.41, 5.74) is 5.42. The van der Waals surface area contributed by atoms with Crippen molar-refractivity contribution in [2.75, 3.05) is 6.54 Å². The minimum Gasteiger partial charge on any atom is -0.326 e. The SMILES string of the molecule is CCCCNS(=O)(=O)c1csc(CN)c1. The first-order valence-corrected chi connectivity index (χ1v) is 7.23. The van der Waals surface area contributed by atoms with Crippen LogP contribution in [0.2, 0.25) is 0 Å². The van der Waals surface area contributed by atoms with E-state index in [9.17, 15) is 8.42 Å². The molecule has 0 fully saturated rings. The third kappa shape index (κ3) is 3.57. The van der Waals surface area contributed by atoms with Crippen LogP contribution in [0.15, 0.2) is 16.3 Å². The van der Waals surface area contributed by atoms with Crippen molar-refractivity contribution in [1.82, 2.24) is 4.72 Å². The number of unbranched alkanes of at least 4 members (excludes halogenated alkanes) is 1. The molecule has 86 valence electrons. The Bertz CT molecular complexity index is 398. The Balaban J connectivity index is 2.68. The van der Waals surface area contributed by atoms with Gasteiger partial charge in [0.25, 0.3) is 0 Å². The third-order valence-electron chi connectivity index (χ3n) is 1.96. The summed E-state index contributed by atoms with van der Waals surface area (Å²) in [4.78, 5) is 1.20. The second kappa shape index (κ2) is 5.60. The summed E-state index contributed by atoms with van der Waals surface area (Å²) in [6.07, 6.45) is 1.83. The van der Waals surface area contributed by atoms with Crippen molar-refractivity contribution in [2.24, 2.45) is 5.73 Å². The second-order valence-electron chi connectivity index (χ2n) is 3.20. The fourth-order valence-corrected chi connectivity index (χ4v) is 3.30. The van der Waals surface area contributed by atoms with Gasteiger partial charge in [0, 0.05) is 23.3 Å². The predicted octanol–water partition coefficient (Wildman–Crippen LogP) is 1.29. The molecule has 0 amide bonds. The Kier molecular flexibility index (Phi) is 4.72. The van der Waals surface area contributed by atoms with Gasteiger partial charge >= 0.3 is 0 Å². The molecule has 15 heavy (non-hydrogen) atoms. The fourth-order valence-electron chi connectivity index (χ4n) is 1.08. The summed E-state index contributed by atoms with van der Waals surface area (Å²) < 4.78 is 25.9. The maximum atomic E-state index is 11.7. The van der Waals surface area contributed by atoms with Crippen molar-refractivity contribution in [3.8, 4) is 0 Å². The van der Waals surface area contributed by atoms with Crippen LogP contribution in [-0.2, 0) is 16.6 Å². The topological polar surface area (TPSA) is 72.2 Å². The van der Waals surface area contributed by atoms with Crippen molar-refractivity contribution >= 4 is 21.4 Å². The molecule has 4 nitrogen and oxygen atoms in total. The molecule has 0 aromatic carbocycles. The van der Waals surface area contributed by atoms with E-state index in [0.717, 1.165) is 17.7 Å². The van der Waals surface area contributed by atoms with Crippen molar-refractivity contribution in [2.45, 2.75) is 31.2 Å². The van der Waals surface area contributed by atoms with Gasteiger partial charge in [0.1, 0.15) is 0 Å². The monoisotopic (exact) mass is 248 g/mol. The molecule has 0 saturated heterocycles. The van der Waals surface area contributed by atoms with Crippen LogP contribution in [0.4, 0.5) is 0 Å². The molecule has 1 aromatic rings. The van der Waals surface area contributed by atoms with E-state index < -0.39 is 10.0 Å². The van der Waals surface area contributed by atoms with Gasteiger partial charge in [0.15, 0.2) is 0 Å². The Hall–Kier alpha value is -0.430. The largest absolute Gasteiger partial charge is 0.326 e. The standard InChI is InChI=1S/C9H16N2O2S2/c1-2-3-4-11-15(12,13)9-5-8(6-10)14-7-9/h5,7,11H,2-4,6,10H2,1H3. The maximum absolute atomic E-state index is 11.7. The van der Waals surface area contributed by atoms with Gasteiger partial charge in [-0.2, -0.15) is 0 Å². The molecule has 0 unspecified atom stereocenters. The summed E-state index contributed by atoms with van der Waals surface area (Å²) in [7, 11) is -3.32. The molecule has 0 radical (unpaired) electrons. The number of hydrogen-bond acceptors (Lipinski definition) is 4. The summed E-state index contributed by atoms with van der Waals surface area (Å²) >= 11 is 1.37. The predicted molar refractivity (Wildman–Crippen MR) is 62.3 cm³/mol. The third-order valence-corrected chi connectivity index (χ3v) is 4.51. The highest BCUT2D eigenvalue weighted by molar-refractivity contribution is 7.89. The number of nitrogens with two attached hydrogens (primary N) is 1. The lowest BCUT2D eigenvalue weighted by molar-refractivity contribution is 0.578. The molecule has 0 saturated carbocycles. The molecular weight excluding hydrogens is 232 g/mol. The normalized spacial score (nSPS) is 11.9. The van der Waals surface area contributed by atoms with E-state index in [4.69, 9.17) is 5.73 Å². The van der Waals surface area contributed by atoms with E-state index in [-0.39, 0.29) is 0 Å². The van der Waals surface area contributed by atoms with E-state index in [1.54, 1.807) is 11.4 Å². The van der Waals surface area contributed by atoms with E-state index in [1.165, 1.54) is 11.3 Å². The second-order valence-corrected chi connectivity index (χ2v) is 5.97. The van der Waals surface area contributed by atoms with E-state index in [0.29, 0.717) is 18.0 Å². The Labute approximate surface area is 94.5 Å².